The SMILES string of the molecule is c1ccc(-c2ccc(N(c3ccc(-c4ccccc4-c4ccc(-n5c6ccccc6c6c7ccccc7ccc65)cc4)cc3)c3ccc4ccccc4c3)cc2)cc1. The molecule has 0 aliphatic carbocycles. The van der Waals surface area contributed by atoms with Gasteiger partial charge in [-0.1, -0.05) is 170 Å². The van der Waals surface area contributed by atoms with Crippen LogP contribution in [0.4, 0.5) is 17.1 Å². The van der Waals surface area contributed by atoms with Crippen molar-refractivity contribution in [2.24, 2.45) is 0 Å². The number of hydrogen-bond acceptors (Lipinski definition) is 1. The molecule has 11 rings (SSSR count). The molecule has 0 saturated carbocycles. The Balaban J connectivity index is 0.957. The zero-order chi connectivity index (χ0) is 38.4. The second-order valence-electron chi connectivity index (χ2n) is 15.0. The van der Waals surface area contributed by atoms with Crippen molar-refractivity contribution in [1.82, 2.24) is 4.57 Å². The maximum Gasteiger partial charge on any atom is 0.0547 e. The normalized spacial score (nSPS) is 11.4. The average molecular weight is 739 g/mol. The summed E-state index contributed by atoms with van der Waals surface area (Å²) in [4.78, 5) is 2.35. The molecular weight excluding hydrogens is 701 g/mol. The molecule has 10 aromatic carbocycles. The molecule has 0 saturated heterocycles. The van der Waals surface area contributed by atoms with E-state index in [0.717, 1.165) is 22.7 Å². The summed E-state index contributed by atoms with van der Waals surface area (Å²) in [5.41, 5.74) is 14.1. The standard InChI is InChI=1S/C56H38N2/c1-2-12-39(13-3-1)41-22-30-46(31-23-41)57(49-36-24-40-14-4-5-16-45(40)38-49)47-32-25-43(26-33-47)50-17-8-9-18-51(50)44-27-34-48(35-28-44)58-54-21-11-10-20-53(54)56-52-19-7-6-15-42(52)29-37-55(56)58/h1-38H. The monoisotopic (exact) mass is 738 g/mol. The van der Waals surface area contributed by atoms with E-state index >= 15 is 0 Å². The van der Waals surface area contributed by atoms with E-state index < -0.39 is 0 Å². The summed E-state index contributed by atoms with van der Waals surface area (Å²) in [5.74, 6) is 0. The fraction of sp³-hybridized carbons (Fsp3) is 0. The third-order valence-electron chi connectivity index (χ3n) is 11.6. The molecule has 1 heterocycles. The van der Waals surface area contributed by atoms with Crippen LogP contribution in [0, 0.1) is 0 Å². The highest BCUT2D eigenvalue weighted by atomic mass is 15.1. The van der Waals surface area contributed by atoms with E-state index in [4.69, 9.17) is 0 Å². The molecule has 0 aliphatic rings. The van der Waals surface area contributed by atoms with Crippen LogP contribution in [0.2, 0.25) is 0 Å². The molecule has 0 unspecified atom stereocenters. The van der Waals surface area contributed by atoms with Gasteiger partial charge in [0.1, 0.15) is 0 Å². The van der Waals surface area contributed by atoms with Crippen molar-refractivity contribution in [3.8, 4) is 39.1 Å². The smallest absolute Gasteiger partial charge is 0.0547 e. The summed E-state index contributed by atoms with van der Waals surface area (Å²) in [6.45, 7) is 0. The molecule has 2 heteroatoms. The molecule has 272 valence electrons. The highest BCUT2D eigenvalue weighted by molar-refractivity contribution is 6.21. The number of rotatable bonds is 7. The van der Waals surface area contributed by atoms with Gasteiger partial charge in [-0.2, -0.15) is 0 Å². The Bertz CT molecular complexity index is 3250. The minimum absolute atomic E-state index is 1.10. The van der Waals surface area contributed by atoms with Crippen molar-refractivity contribution in [2.75, 3.05) is 4.90 Å². The van der Waals surface area contributed by atoms with Crippen molar-refractivity contribution in [3.63, 3.8) is 0 Å². The quantitative estimate of drug-likeness (QED) is 0.158. The molecule has 58 heavy (non-hydrogen) atoms. The maximum atomic E-state index is 2.40. The second-order valence-corrected chi connectivity index (χ2v) is 15.0. The minimum atomic E-state index is 1.10. The zero-order valence-electron chi connectivity index (χ0n) is 31.8. The largest absolute Gasteiger partial charge is 0.310 e. The lowest BCUT2D eigenvalue weighted by molar-refractivity contribution is 1.18. The zero-order valence-corrected chi connectivity index (χ0v) is 31.8. The number of aromatic nitrogens is 1. The predicted octanol–water partition coefficient (Wildman–Crippen LogP) is 15.6. The Labute approximate surface area is 338 Å². The van der Waals surface area contributed by atoms with Crippen molar-refractivity contribution in [3.05, 3.63) is 231 Å². The van der Waals surface area contributed by atoms with Crippen LogP contribution in [0.5, 0.6) is 0 Å². The number of para-hydroxylation sites is 1. The topological polar surface area (TPSA) is 8.17 Å². The van der Waals surface area contributed by atoms with E-state index in [-0.39, 0.29) is 0 Å². The molecule has 0 N–H and O–H groups in total. The van der Waals surface area contributed by atoms with Gasteiger partial charge in [-0.3, -0.25) is 0 Å². The Morgan fingerprint density at radius 3 is 1.50 bits per heavy atom. The van der Waals surface area contributed by atoms with E-state index in [2.05, 4.69) is 240 Å². The van der Waals surface area contributed by atoms with Crippen LogP contribution in [-0.4, -0.2) is 4.57 Å². The van der Waals surface area contributed by atoms with Crippen LogP contribution in [0.3, 0.4) is 0 Å². The van der Waals surface area contributed by atoms with E-state index in [9.17, 15) is 0 Å². The third-order valence-corrected chi connectivity index (χ3v) is 11.6. The van der Waals surface area contributed by atoms with Gasteiger partial charge in [0.25, 0.3) is 0 Å². The number of fused-ring (bicyclic) bond motifs is 6. The number of anilines is 3. The summed E-state index contributed by atoms with van der Waals surface area (Å²) in [5, 5.41) is 7.57. The first kappa shape index (κ1) is 33.6. The Hall–Kier alpha value is -7.68. The molecule has 1 aromatic heterocycles. The van der Waals surface area contributed by atoms with Crippen LogP contribution >= 0.6 is 0 Å². The van der Waals surface area contributed by atoms with E-state index in [1.807, 2.05) is 0 Å². The number of nitrogens with zero attached hydrogens (tertiary/aromatic N) is 2. The summed E-state index contributed by atoms with van der Waals surface area (Å²) >= 11 is 0. The third kappa shape index (κ3) is 5.82. The second kappa shape index (κ2) is 14.1. The first-order chi connectivity index (χ1) is 28.8. The van der Waals surface area contributed by atoms with Crippen LogP contribution in [-0.2, 0) is 0 Å². The molecule has 0 fully saturated rings. The molecule has 11 aromatic rings. The maximum absolute atomic E-state index is 2.40. The fourth-order valence-electron chi connectivity index (χ4n) is 8.78. The fourth-order valence-corrected chi connectivity index (χ4v) is 8.78. The van der Waals surface area contributed by atoms with Gasteiger partial charge in [-0.25, -0.2) is 0 Å². The lowest BCUT2D eigenvalue weighted by Gasteiger charge is -2.26. The highest BCUT2D eigenvalue weighted by Crippen LogP contribution is 2.41. The molecule has 0 bridgehead atoms. The molecular formula is C56H38N2. The first-order valence-electron chi connectivity index (χ1n) is 19.9. The van der Waals surface area contributed by atoms with Gasteiger partial charge in [-0.15, -0.1) is 0 Å². The molecule has 2 nitrogen and oxygen atoms in total. The van der Waals surface area contributed by atoms with Gasteiger partial charge in [0, 0.05) is 33.5 Å². The van der Waals surface area contributed by atoms with Gasteiger partial charge in [0.15, 0.2) is 0 Å². The predicted molar refractivity (Wildman–Crippen MR) is 247 cm³/mol. The minimum Gasteiger partial charge on any atom is -0.310 e. The van der Waals surface area contributed by atoms with Crippen LogP contribution in [0.25, 0.3) is 82.4 Å². The van der Waals surface area contributed by atoms with Crippen molar-refractivity contribution in [1.29, 1.82) is 0 Å². The Kier molecular flexibility index (Phi) is 8.19. The Morgan fingerprint density at radius 2 is 0.793 bits per heavy atom. The van der Waals surface area contributed by atoms with Crippen LogP contribution < -0.4 is 4.90 Å². The lowest BCUT2D eigenvalue weighted by Crippen LogP contribution is -2.09. The molecule has 0 aliphatic heterocycles. The van der Waals surface area contributed by atoms with Crippen molar-refractivity contribution >= 4 is 60.4 Å². The van der Waals surface area contributed by atoms with Gasteiger partial charge in [-0.05, 0) is 116 Å². The number of hydrogen-bond donors (Lipinski definition) is 0. The Morgan fingerprint density at radius 1 is 0.293 bits per heavy atom. The van der Waals surface area contributed by atoms with Gasteiger partial charge in [0.05, 0.1) is 11.0 Å². The van der Waals surface area contributed by atoms with E-state index in [0.29, 0.717) is 0 Å². The first-order valence-corrected chi connectivity index (χ1v) is 19.9. The van der Waals surface area contributed by atoms with Gasteiger partial charge in [0.2, 0.25) is 0 Å². The van der Waals surface area contributed by atoms with Crippen molar-refractivity contribution < 1.29 is 0 Å². The molecule has 0 radical (unpaired) electrons. The van der Waals surface area contributed by atoms with E-state index in [1.54, 1.807) is 0 Å². The summed E-state index contributed by atoms with van der Waals surface area (Å²) < 4.78 is 2.40. The number of benzene rings is 10. The highest BCUT2D eigenvalue weighted by Gasteiger charge is 2.17. The van der Waals surface area contributed by atoms with Gasteiger partial charge >= 0.3 is 0 Å². The molecule has 0 atom stereocenters. The van der Waals surface area contributed by atoms with Crippen LogP contribution in [0.1, 0.15) is 0 Å². The summed E-state index contributed by atoms with van der Waals surface area (Å²) in [6, 6.07) is 83.6. The summed E-state index contributed by atoms with van der Waals surface area (Å²) in [7, 11) is 0. The molecule has 0 amide bonds. The lowest BCUT2D eigenvalue weighted by atomic mass is 9.94. The summed E-state index contributed by atoms with van der Waals surface area (Å²) in [6.07, 6.45) is 0. The van der Waals surface area contributed by atoms with E-state index in [1.165, 1.54) is 76.7 Å². The molecule has 0 spiro atoms. The van der Waals surface area contributed by atoms with Gasteiger partial charge < -0.3 is 9.47 Å². The van der Waals surface area contributed by atoms with Crippen LogP contribution in [0.15, 0.2) is 231 Å². The average Bonchev–Trinajstić information content (AvgIpc) is 3.65. The van der Waals surface area contributed by atoms with Crippen molar-refractivity contribution in [2.45, 2.75) is 0 Å².